The summed E-state index contributed by atoms with van der Waals surface area (Å²) < 4.78 is 9.71. The molecular formula is C10H13NO3. The highest BCUT2D eigenvalue weighted by Crippen LogP contribution is 2.55. The second-order valence-electron chi connectivity index (χ2n) is 3.85. The van der Waals surface area contributed by atoms with Gasteiger partial charge in [0.1, 0.15) is 12.2 Å². The first kappa shape index (κ1) is 10.6. The second kappa shape index (κ2) is 3.70. The summed E-state index contributed by atoms with van der Waals surface area (Å²) in [6, 6.07) is 1.92. The molecule has 0 aromatic carbocycles. The quantitative estimate of drug-likeness (QED) is 0.384. The van der Waals surface area contributed by atoms with E-state index in [9.17, 15) is 4.79 Å². The number of hydrogen-bond donors (Lipinski definition) is 0. The molecule has 2 atom stereocenters. The molecule has 0 amide bonds. The Morgan fingerprint density at radius 3 is 2.64 bits per heavy atom. The molecule has 0 radical (unpaired) electrons. The Balaban J connectivity index is 2.69. The highest BCUT2D eigenvalue weighted by Gasteiger charge is 2.59. The lowest BCUT2D eigenvalue weighted by Gasteiger charge is -1.97. The maximum Gasteiger partial charge on any atom is 0.293 e. The van der Waals surface area contributed by atoms with Crippen molar-refractivity contribution in [2.45, 2.75) is 20.0 Å². The van der Waals surface area contributed by atoms with Crippen molar-refractivity contribution in [3.63, 3.8) is 0 Å². The molecule has 4 heteroatoms. The summed E-state index contributed by atoms with van der Waals surface area (Å²) in [7, 11) is 1.44. The minimum absolute atomic E-state index is 0.0716. The van der Waals surface area contributed by atoms with Crippen LogP contribution in [0.4, 0.5) is 0 Å². The predicted molar refractivity (Wildman–Crippen MR) is 48.9 cm³/mol. The molecule has 0 aromatic rings. The minimum Gasteiger partial charge on any atom is -0.487 e. The molecule has 0 N–H and O–H groups in total. The number of rotatable bonds is 4. The molecule has 0 spiro atoms. The van der Waals surface area contributed by atoms with Crippen LogP contribution in [-0.4, -0.2) is 19.7 Å². The number of hydrogen-bond acceptors (Lipinski definition) is 4. The number of allylic oxidation sites excluding steroid dienone is 1. The van der Waals surface area contributed by atoms with E-state index in [0.29, 0.717) is 6.47 Å². The van der Waals surface area contributed by atoms with Crippen molar-refractivity contribution in [3.05, 3.63) is 11.8 Å². The van der Waals surface area contributed by atoms with Crippen LogP contribution in [0.25, 0.3) is 0 Å². The molecule has 2 unspecified atom stereocenters. The number of nitriles is 1. The van der Waals surface area contributed by atoms with Gasteiger partial charge in [0.15, 0.2) is 5.76 Å². The second-order valence-corrected chi connectivity index (χ2v) is 3.85. The molecule has 1 aliphatic carbocycles. The van der Waals surface area contributed by atoms with Gasteiger partial charge in [0, 0.05) is 11.3 Å². The number of carbonyl (C=O) groups is 1. The molecule has 76 valence electrons. The molecule has 4 nitrogen and oxygen atoms in total. The van der Waals surface area contributed by atoms with Gasteiger partial charge in [-0.25, -0.2) is 0 Å². The van der Waals surface area contributed by atoms with E-state index in [2.05, 4.69) is 0 Å². The third-order valence-corrected chi connectivity index (χ3v) is 2.67. The van der Waals surface area contributed by atoms with E-state index < -0.39 is 0 Å². The fourth-order valence-electron chi connectivity index (χ4n) is 1.57. The molecular weight excluding hydrogens is 182 g/mol. The van der Waals surface area contributed by atoms with Crippen LogP contribution < -0.4 is 0 Å². The number of methoxy groups -OCH3 is 1. The van der Waals surface area contributed by atoms with E-state index >= 15 is 0 Å². The molecule has 0 saturated heterocycles. The maximum atomic E-state index is 10.2. The first-order valence-corrected chi connectivity index (χ1v) is 4.33. The molecule has 1 aliphatic rings. The van der Waals surface area contributed by atoms with Crippen molar-refractivity contribution in [3.8, 4) is 6.07 Å². The van der Waals surface area contributed by atoms with E-state index in [0.717, 1.165) is 0 Å². The average Bonchev–Trinajstić information content (AvgIpc) is 2.65. The third-order valence-electron chi connectivity index (χ3n) is 2.67. The fourth-order valence-corrected chi connectivity index (χ4v) is 1.57. The third kappa shape index (κ3) is 1.72. The van der Waals surface area contributed by atoms with Gasteiger partial charge in [-0.05, 0) is 6.08 Å². The Labute approximate surface area is 83.1 Å². The van der Waals surface area contributed by atoms with Crippen LogP contribution in [0.1, 0.15) is 13.8 Å². The van der Waals surface area contributed by atoms with Crippen LogP contribution in [0.5, 0.6) is 0 Å². The topological polar surface area (TPSA) is 59.3 Å². The zero-order chi connectivity index (χ0) is 10.8. The molecule has 1 saturated carbocycles. The van der Waals surface area contributed by atoms with Crippen LogP contribution in [0.2, 0.25) is 0 Å². The number of ether oxygens (including phenoxy) is 2. The van der Waals surface area contributed by atoms with Gasteiger partial charge >= 0.3 is 0 Å². The van der Waals surface area contributed by atoms with E-state index in [4.69, 9.17) is 14.7 Å². The number of nitrogens with zero attached hydrogens (tertiary/aromatic N) is 1. The van der Waals surface area contributed by atoms with Crippen molar-refractivity contribution in [1.82, 2.24) is 0 Å². The van der Waals surface area contributed by atoms with Crippen LogP contribution in [0, 0.1) is 22.7 Å². The molecule has 0 bridgehead atoms. The van der Waals surface area contributed by atoms with Crippen molar-refractivity contribution < 1.29 is 14.3 Å². The first-order valence-electron chi connectivity index (χ1n) is 4.33. The minimum atomic E-state index is -0.140. The van der Waals surface area contributed by atoms with Crippen LogP contribution in [-0.2, 0) is 14.3 Å². The summed E-state index contributed by atoms with van der Waals surface area (Å²) >= 11 is 0. The first-order chi connectivity index (χ1) is 6.57. The van der Waals surface area contributed by atoms with Gasteiger partial charge in [-0.3, -0.25) is 4.79 Å². The van der Waals surface area contributed by atoms with Gasteiger partial charge < -0.3 is 9.47 Å². The molecule has 0 heterocycles. The number of carbonyl (C=O) groups excluding carboxylic acids is 1. The van der Waals surface area contributed by atoms with Crippen LogP contribution in [0.3, 0.4) is 0 Å². The molecule has 1 fully saturated rings. The Kier molecular flexibility index (Phi) is 2.80. The Morgan fingerprint density at radius 1 is 1.57 bits per heavy atom. The lowest BCUT2D eigenvalue weighted by molar-refractivity contribution is -0.131. The highest BCUT2D eigenvalue weighted by molar-refractivity contribution is 5.40. The van der Waals surface area contributed by atoms with Gasteiger partial charge in [0.05, 0.1) is 7.11 Å². The van der Waals surface area contributed by atoms with E-state index in [1.54, 1.807) is 6.08 Å². The van der Waals surface area contributed by atoms with Gasteiger partial charge in [-0.2, -0.15) is 5.26 Å². The smallest absolute Gasteiger partial charge is 0.293 e. The average molecular weight is 195 g/mol. The molecule has 1 rings (SSSR count). The van der Waals surface area contributed by atoms with E-state index in [-0.39, 0.29) is 23.2 Å². The van der Waals surface area contributed by atoms with Crippen molar-refractivity contribution >= 4 is 6.47 Å². The summed E-state index contributed by atoms with van der Waals surface area (Å²) in [6.07, 6.45) is 1.56. The zero-order valence-electron chi connectivity index (χ0n) is 8.48. The highest BCUT2D eigenvalue weighted by atomic mass is 16.5. The SMILES string of the molecule is COC(C#N)=CC1C(OC=O)C1(C)C. The molecule has 0 aromatic heterocycles. The van der Waals surface area contributed by atoms with E-state index in [1.807, 2.05) is 19.9 Å². The van der Waals surface area contributed by atoms with Gasteiger partial charge in [-0.1, -0.05) is 13.8 Å². The lowest BCUT2D eigenvalue weighted by atomic mass is 10.1. The normalized spacial score (nSPS) is 28.9. The summed E-state index contributed by atoms with van der Waals surface area (Å²) in [5.74, 6) is 0.336. The van der Waals surface area contributed by atoms with E-state index in [1.165, 1.54) is 7.11 Å². The molecule has 14 heavy (non-hydrogen) atoms. The van der Waals surface area contributed by atoms with Gasteiger partial charge in [0.2, 0.25) is 0 Å². The summed E-state index contributed by atoms with van der Waals surface area (Å²) in [5.41, 5.74) is -0.0957. The monoisotopic (exact) mass is 195 g/mol. The Bertz CT molecular complexity index is 301. The summed E-state index contributed by atoms with van der Waals surface area (Å²) in [6.45, 7) is 4.40. The standard InChI is InChI=1S/C10H13NO3/c1-10(2)8(9(10)14-6-12)4-7(5-11)13-3/h4,6,8-9H,1-3H3. The summed E-state index contributed by atoms with van der Waals surface area (Å²) in [4.78, 5) is 10.2. The fraction of sp³-hybridized carbons (Fsp3) is 0.600. The Hall–Kier alpha value is -1.50. The molecule has 0 aliphatic heterocycles. The summed E-state index contributed by atoms with van der Waals surface area (Å²) in [5, 5.41) is 8.64. The zero-order valence-corrected chi connectivity index (χ0v) is 8.48. The van der Waals surface area contributed by atoms with Crippen LogP contribution >= 0.6 is 0 Å². The van der Waals surface area contributed by atoms with Gasteiger partial charge in [0.25, 0.3) is 6.47 Å². The van der Waals surface area contributed by atoms with Crippen LogP contribution in [0.15, 0.2) is 11.8 Å². The Morgan fingerprint density at radius 2 is 2.21 bits per heavy atom. The largest absolute Gasteiger partial charge is 0.487 e. The van der Waals surface area contributed by atoms with Crippen molar-refractivity contribution in [2.24, 2.45) is 11.3 Å². The van der Waals surface area contributed by atoms with Crippen molar-refractivity contribution in [2.75, 3.05) is 7.11 Å². The van der Waals surface area contributed by atoms with Crippen molar-refractivity contribution in [1.29, 1.82) is 5.26 Å². The predicted octanol–water partition coefficient (Wildman–Crippen LogP) is 1.24. The van der Waals surface area contributed by atoms with Gasteiger partial charge in [-0.15, -0.1) is 0 Å². The lowest BCUT2D eigenvalue weighted by Crippen LogP contribution is -1.98. The maximum absolute atomic E-state index is 10.2.